The Morgan fingerprint density at radius 1 is 1.44 bits per heavy atom. The first-order chi connectivity index (χ1) is 7.44. The van der Waals surface area contributed by atoms with Crippen LogP contribution in [0, 0.1) is 0 Å². The third kappa shape index (κ3) is 2.19. The first-order valence-electron chi connectivity index (χ1n) is 4.84. The highest BCUT2D eigenvalue weighted by Crippen LogP contribution is 2.25. The molecule has 16 heavy (non-hydrogen) atoms. The van der Waals surface area contributed by atoms with Crippen molar-refractivity contribution in [3.63, 3.8) is 0 Å². The molecule has 0 saturated heterocycles. The molecular weight excluding hydrogens is 210 g/mol. The molecule has 2 unspecified atom stereocenters. The highest BCUT2D eigenvalue weighted by atomic mass is 16.5. The zero-order chi connectivity index (χ0) is 12.3. The molecule has 1 rings (SSSR count). The molecule has 2 atom stereocenters. The minimum Gasteiger partial charge on any atom is -0.463 e. The van der Waals surface area contributed by atoms with Gasteiger partial charge in [-0.05, 0) is 25.5 Å². The molecule has 1 aliphatic heterocycles. The fraction of sp³-hybridized carbons (Fsp3) is 0.545. The lowest BCUT2D eigenvalue weighted by atomic mass is 9.89. The SMILES string of the molecule is COC(=O)C(=O)C1N=CC(C)=CC1(C)OC. The van der Waals surface area contributed by atoms with Crippen LogP contribution in [0.2, 0.25) is 0 Å². The van der Waals surface area contributed by atoms with Crippen molar-refractivity contribution in [1.29, 1.82) is 0 Å². The Bertz CT molecular complexity index is 372. The van der Waals surface area contributed by atoms with Crippen LogP contribution in [0.4, 0.5) is 0 Å². The molecular formula is C11H15NO4. The van der Waals surface area contributed by atoms with Gasteiger partial charge < -0.3 is 9.47 Å². The fourth-order valence-corrected chi connectivity index (χ4v) is 1.62. The highest BCUT2D eigenvalue weighted by molar-refractivity contribution is 6.36. The van der Waals surface area contributed by atoms with Gasteiger partial charge in [0.1, 0.15) is 5.60 Å². The van der Waals surface area contributed by atoms with Gasteiger partial charge in [-0.25, -0.2) is 4.79 Å². The molecule has 0 radical (unpaired) electrons. The number of esters is 1. The van der Waals surface area contributed by atoms with Crippen LogP contribution in [0.3, 0.4) is 0 Å². The van der Waals surface area contributed by atoms with E-state index >= 15 is 0 Å². The van der Waals surface area contributed by atoms with Crippen molar-refractivity contribution in [2.45, 2.75) is 25.5 Å². The van der Waals surface area contributed by atoms with Crippen LogP contribution >= 0.6 is 0 Å². The lowest BCUT2D eigenvalue weighted by Gasteiger charge is -2.32. The van der Waals surface area contributed by atoms with Crippen molar-refractivity contribution in [2.24, 2.45) is 4.99 Å². The summed E-state index contributed by atoms with van der Waals surface area (Å²) in [5, 5.41) is 0. The molecule has 88 valence electrons. The number of ketones is 1. The normalized spacial score (nSPS) is 28.5. The molecule has 0 aromatic carbocycles. The Balaban J connectivity index is 3.02. The lowest BCUT2D eigenvalue weighted by Crippen LogP contribution is -2.48. The molecule has 0 saturated carbocycles. The number of hydrogen-bond donors (Lipinski definition) is 0. The average Bonchev–Trinajstić information content (AvgIpc) is 2.27. The van der Waals surface area contributed by atoms with Gasteiger partial charge in [-0.2, -0.15) is 0 Å². The number of carbonyl (C=O) groups excluding carboxylic acids is 2. The Morgan fingerprint density at radius 3 is 2.56 bits per heavy atom. The van der Waals surface area contributed by atoms with E-state index in [-0.39, 0.29) is 0 Å². The molecule has 0 N–H and O–H groups in total. The second kappa shape index (κ2) is 4.57. The maximum atomic E-state index is 11.7. The summed E-state index contributed by atoms with van der Waals surface area (Å²) in [4.78, 5) is 26.9. The molecule has 1 heterocycles. The molecule has 0 aromatic heterocycles. The third-order valence-electron chi connectivity index (χ3n) is 2.56. The Labute approximate surface area is 94.1 Å². The van der Waals surface area contributed by atoms with Crippen molar-refractivity contribution in [3.8, 4) is 0 Å². The van der Waals surface area contributed by atoms with Crippen LogP contribution < -0.4 is 0 Å². The van der Waals surface area contributed by atoms with E-state index in [9.17, 15) is 9.59 Å². The number of rotatable bonds is 3. The maximum Gasteiger partial charge on any atom is 0.376 e. The topological polar surface area (TPSA) is 65.0 Å². The third-order valence-corrected chi connectivity index (χ3v) is 2.56. The summed E-state index contributed by atoms with van der Waals surface area (Å²) in [5.41, 5.74) is -0.0114. The summed E-state index contributed by atoms with van der Waals surface area (Å²) >= 11 is 0. The summed E-state index contributed by atoms with van der Waals surface area (Å²) in [7, 11) is 2.64. The van der Waals surface area contributed by atoms with E-state index in [1.54, 1.807) is 19.2 Å². The van der Waals surface area contributed by atoms with Crippen molar-refractivity contribution < 1.29 is 19.1 Å². The van der Waals surface area contributed by atoms with Gasteiger partial charge in [0.05, 0.1) is 7.11 Å². The summed E-state index contributed by atoms with van der Waals surface area (Å²) in [6, 6.07) is -0.881. The number of allylic oxidation sites excluding steroid dienone is 1. The molecule has 0 aliphatic carbocycles. The zero-order valence-corrected chi connectivity index (χ0v) is 9.81. The summed E-state index contributed by atoms with van der Waals surface area (Å²) in [5.74, 6) is -1.61. The first kappa shape index (κ1) is 12.6. The summed E-state index contributed by atoms with van der Waals surface area (Å²) in [6.45, 7) is 3.55. The lowest BCUT2D eigenvalue weighted by molar-refractivity contribution is -0.154. The zero-order valence-electron chi connectivity index (χ0n) is 9.81. The predicted octanol–water partition coefficient (Wildman–Crippen LogP) is 0.533. The van der Waals surface area contributed by atoms with E-state index in [1.165, 1.54) is 7.11 Å². The van der Waals surface area contributed by atoms with E-state index < -0.39 is 23.4 Å². The van der Waals surface area contributed by atoms with Crippen LogP contribution in [0.5, 0.6) is 0 Å². The van der Waals surface area contributed by atoms with Gasteiger partial charge in [0.2, 0.25) is 0 Å². The number of Topliss-reactive ketones (excluding diaryl/α,β-unsaturated/α-hetero) is 1. The fourth-order valence-electron chi connectivity index (χ4n) is 1.62. The van der Waals surface area contributed by atoms with Crippen LogP contribution in [-0.4, -0.2) is 43.8 Å². The molecule has 0 amide bonds. The summed E-state index contributed by atoms with van der Waals surface area (Å²) < 4.78 is 9.65. The number of nitrogens with zero attached hydrogens (tertiary/aromatic N) is 1. The van der Waals surface area contributed by atoms with Gasteiger partial charge in [-0.3, -0.25) is 9.79 Å². The van der Waals surface area contributed by atoms with E-state index in [0.717, 1.165) is 12.7 Å². The Hall–Kier alpha value is -1.49. The number of ether oxygens (including phenoxy) is 2. The second-order valence-electron chi connectivity index (χ2n) is 3.81. The van der Waals surface area contributed by atoms with E-state index in [1.807, 2.05) is 6.92 Å². The van der Waals surface area contributed by atoms with Crippen molar-refractivity contribution in [2.75, 3.05) is 14.2 Å². The predicted molar refractivity (Wildman–Crippen MR) is 58.5 cm³/mol. The van der Waals surface area contributed by atoms with Gasteiger partial charge in [0.15, 0.2) is 6.04 Å². The molecule has 0 aromatic rings. The number of dihydropyridines is 1. The van der Waals surface area contributed by atoms with Crippen LogP contribution in [0.1, 0.15) is 13.8 Å². The number of methoxy groups -OCH3 is 2. The number of hydrogen-bond acceptors (Lipinski definition) is 5. The van der Waals surface area contributed by atoms with Crippen LogP contribution in [0.25, 0.3) is 0 Å². The smallest absolute Gasteiger partial charge is 0.376 e. The number of carbonyl (C=O) groups is 2. The van der Waals surface area contributed by atoms with Gasteiger partial charge in [-0.1, -0.05) is 0 Å². The van der Waals surface area contributed by atoms with Gasteiger partial charge in [0.25, 0.3) is 5.78 Å². The molecule has 5 nitrogen and oxygen atoms in total. The monoisotopic (exact) mass is 225 g/mol. The molecule has 0 bridgehead atoms. The number of aliphatic imine (C=N–C) groups is 1. The van der Waals surface area contributed by atoms with Crippen molar-refractivity contribution in [3.05, 3.63) is 11.6 Å². The van der Waals surface area contributed by atoms with Gasteiger partial charge >= 0.3 is 5.97 Å². The highest BCUT2D eigenvalue weighted by Gasteiger charge is 2.42. The molecule has 5 heteroatoms. The Morgan fingerprint density at radius 2 is 2.06 bits per heavy atom. The minimum absolute atomic E-state index is 0.702. The van der Waals surface area contributed by atoms with Gasteiger partial charge in [0, 0.05) is 13.3 Å². The Kier molecular flexibility index (Phi) is 3.59. The average molecular weight is 225 g/mol. The van der Waals surface area contributed by atoms with Crippen molar-refractivity contribution >= 4 is 18.0 Å². The quantitative estimate of drug-likeness (QED) is 0.519. The van der Waals surface area contributed by atoms with E-state index in [4.69, 9.17) is 4.74 Å². The van der Waals surface area contributed by atoms with Crippen LogP contribution in [-0.2, 0) is 19.1 Å². The second-order valence-corrected chi connectivity index (χ2v) is 3.81. The molecule has 1 aliphatic rings. The minimum atomic E-state index is -0.904. The first-order valence-corrected chi connectivity index (χ1v) is 4.84. The molecule has 0 spiro atoms. The maximum absolute atomic E-state index is 11.7. The molecule has 0 fully saturated rings. The largest absolute Gasteiger partial charge is 0.463 e. The van der Waals surface area contributed by atoms with E-state index in [0.29, 0.717) is 0 Å². The van der Waals surface area contributed by atoms with E-state index in [2.05, 4.69) is 9.73 Å². The summed E-state index contributed by atoms with van der Waals surface area (Å²) in [6.07, 6.45) is 3.32. The van der Waals surface area contributed by atoms with Crippen molar-refractivity contribution in [1.82, 2.24) is 0 Å². The van der Waals surface area contributed by atoms with Crippen LogP contribution in [0.15, 0.2) is 16.6 Å². The standard InChI is InChI=1S/C11H15NO4/c1-7-5-11(2,16-4)9(12-6-7)8(13)10(14)15-3/h5-6,9H,1-4H3. The van der Waals surface area contributed by atoms with Gasteiger partial charge in [-0.15, -0.1) is 0 Å².